The van der Waals surface area contributed by atoms with Gasteiger partial charge in [-0.05, 0) is 48.0 Å². The minimum atomic E-state index is -4.47. The summed E-state index contributed by atoms with van der Waals surface area (Å²) in [5, 5.41) is 1.62. The molecule has 0 radical (unpaired) electrons. The van der Waals surface area contributed by atoms with E-state index in [0.717, 1.165) is 6.07 Å². The summed E-state index contributed by atoms with van der Waals surface area (Å²) in [6.45, 7) is 1.36. The summed E-state index contributed by atoms with van der Waals surface area (Å²) in [6.07, 6.45) is -1.70. The number of benzene rings is 2. The Labute approximate surface area is 228 Å². The van der Waals surface area contributed by atoms with Gasteiger partial charge in [-0.25, -0.2) is 27.2 Å². The van der Waals surface area contributed by atoms with Gasteiger partial charge in [-0.3, -0.25) is 9.59 Å². The van der Waals surface area contributed by atoms with Crippen LogP contribution in [0.1, 0.15) is 24.6 Å². The molecule has 2 heterocycles. The number of aromatic nitrogens is 3. The molecule has 0 saturated heterocycles. The third kappa shape index (κ3) is 6.15. The molecular weight excluding hydrogens is 546 g/mol. The fourth-order valence-corrected chi connectivity index (χ4v) is 5.05. The van der Waals surface area contributed by atoms with E-state index in [1.165, 1.54) is 68.3 Å². The van der Waals surface area contributed by atoms with Crippen molar-refractivity contribution in [2.75, 3.05) is 19.5 Å². The molecule has 0 aliphatic heterocycles. The number of alkyl halides is 2. The Bertz CT molecular complexity index is 1740. The molecule has 0 atom stereocenters. The van der Waals surface area contributed by atoms with Crippen LogP contribution in [0.2, 0.25) is 0 Å². The second-order valence-electron chi connectivity index (χ2n) is 8.55. The standard InChI is InChI=1S/C27H24F2N4O6S/c1-16(34)30-19-5-4-6-20(12-19)40(36,37)27-31-21(13-22(32-27)26(28)29)18-8-10-25(35)33(15-18)14-17-7-9-23(38-2)24(11-17)39-3/h4-13,15,26H,14H2,1-3H3,(H,30,34). The highest BCUT2D eigenvalue weighted by molar-refractivity contribution is 7.91. The lowest BCUT2D eigenvalue weighted by atomic mass is 10.1. The molecule has 0 aliphatic carbocycles. The van der Waals surface area contributed by atoms with Gasteiger partial charge in [0.25, 0.3) is 17.1 Å². The molecule has 2 aromatic heterocycles. The first kappa shape index (κ1) is 28.4. The average Bonchev–Trinajstić information content (AvgIpc) is 2.93. The number of pyridine rings is 1. The number of rotatable bonds is 9. The van der Waals surface area contributed by atoms with Crippen molar-refractivity contribution in [3.05, 3.63) is 88.5 Å². The molecule has 2 aromatic carbocycles. The highest BCUT2D eigenvalue weighted by Gasteiger charge is 2.25. The van der Waals surface area contributed by atoms with E-state index in [4.69, 9.17) is 9.47 Å². The van der Waals surface area contributed by atoms with Crippen LogP contribution in [0, 0.1) is 0 Å². The van der Waals surface area contributed by atoms with E-state index in [9.17, 15) is 26.8 Å². The summed E-state index contributed by atoms with van der Waals surface area (Å²) in [6, 6.07) is 13.9. The fourth-order valence-electron chi connectivity index (χ4n) is 3.85. The van der Waals surface area contributed by atoms with E-state index in [-0.39, 0.29) is 33.9 Å². The van der Waals surface area contributed by atoms with Gasteiger partial charge < -0.3 is 19.4 Å². The van der Waals surface area contributed by atoms with E-state index >= 15 is 0 Å². The van der Waals surface area contributed by atoms with Gasteiger partial charge in [0.15, 0.2) is 11.5 Å². The van der Waals surface area contributed by atoms with Gasteiger partial charge in [0.05, 0.1) is 31.4 Å². The maximum absolute atomic E-state index is 13.8. The number of nitrogens with zero attached hydrogens (tertiary/aromatic N) is 3. The first-order chi connectivity index (χ1) is 19.0. The topological polar surface area (TPSA) is 129 Å². The number of ether oxygens (including phenoxy) is 2. The number of hydrogen-bond donors (Lipinski definition) is 1. The first-order valence-electron chi connectivity index (χ1n) is 11.7. The van der Waals surface area contributed by atoms with Crippen molar-refractivity contribution in [2.24, 2.45) is 0 Å². The van der Waals surface area contributed by atoms with Gasteiger partial charge in [0.2, 0.25) is 15.7 Å². The lowest BCUT2D eigenvalue weighted by Gasteiger charge is -2.13. The number of methoxy groups -OCH3 is 2. The molecule has 0 bridgehead atoms. The van der Waals surface area contributed by atoms with Crippen LogP contribution < -0.4 is 20.3 Å². The third-order valence-electron chi connectivity index (χ3n) is 5.73. The SMILES string of the molecule is COc1ccc(Cn2cc(-c3cc(C(F)F)nc(S(=O)(=O)c4cccc(NC(C)=O)c4)n3)ccc2=O)cc1OC. The summed E-state index contributed by atoms with van der Waals surface area (Å²) in [7, 11) is -1.49. The number of sulfone groups is 1. The van der Waals surface area contributed by atoms with Crippen molar-refractivity contribution < 1.29 is 31.5 Å². The van der Waals surface area contributed by atoms with Crippen LogP contribution in [0.3, 0.4) is 0 Å². The molecule has 4 aromatic rings. The van der Waals surface area contributed by atoms with Crippen LogP contribution in [-0.4, -0.2) is 43.1 Å². The van der Waals surface area contributed by atoms with E-state index < -0.39 is 33.0 Å². The summed E-state index contributed by atoms with van der Waals surface area (Å²) >= 11 is 0. The number of carbonyl (C=O) groups is 1. The number of anilines is 1. The predicted octanol–water partition coefficient (Wildman–Crippen LogP) is 4.10. The van der Waals surface area contributed by atoms with Gasteiger partial charge >= 0.3 is 0 Å². The zero-order chi connectivity index (χ0) is 29.0. The molecule has 0 saturated carbocycles. The maximum Gasteiger partial charge on any atom is 0.280 e. The monoisotopic (exact) mass is 570 g/mol. The van der Waals surface area contributed by atoms with Gasteiger partial charge in [-0.2, -0.15) is 0 Å². The zero-order valence-corrected chi connectivity index (χ0v) is 22.4. The molecule has 0 unspecified atom stereocenters. The minimum Gasteiger partial charge on any atom is -0.493 e. The van der Waals surface area contributed by atoms with Gasteiger partial charge in [0.1, 0.15) is 5.69 Å². The van der Waals surface area contributed by atoms with Crippen LogP contribution in [0.5, 0.6) is 11.5 Å². The average molecular weight is 571 g/mol. The quantitative estimate of drug-likeness (QED) is 0.298. The highest BCUT2D eigenvalue weighted by atomic mass is 32.2. The lowest BCUT2D eigenvalue weighted by molar-refractivity contribution is -0.114. The molecule has 1 amide bonds. The molecule has 13 heteroatoms. The van der Waals surface area contributed by atoms with Crippen molar-refractivity contribution >= 4 is 21.4 Å². The molecular formula is C27H24F2N4O6S. The molecule has 1 N–H and O–H groups in total. The van der Waals surface area contributed by atoms with E-state index in [1.807, 2.05) is 0 Å². The van der Waals surface area contributed by atoms with Gasteiger partial charge in [-0.15, -0.1) is 0 Å². The molecule has 208 valence electrons. The number of hydrogen-bond acceptors (Lipinski definition) is 8. The summed E-state index contributed by atoms with van der Waals surface area (Å²) < 4.78 is 66.1. The van der Waals surface area contributed by atoms with Crippen molar-refractivity contribution in [1.29, 1.82) is 0 Å². The van der Waals surface area contributed by atoms with Crippen molar-refractivity contribution in [1.82, 2.24) is 14.5 Å². The second-order valence-corrected chi connectivity index (χ2v) is 10.4. The van der Waals surface area contributed by atoms with Crippen LogP contribution in [0.15, 0.2) is 81.7 Å². The van der Waals surface area contributed by atoms with E-state index in [0.29, 0.717) is 17.1 Å². The number of halogens is 2. The normalized spacial score (nSPS) is 11.3. The van der Waals surface area contributed by atoms with E-state index in [1.54, 1.807) is 18.2 Å². The number of carbonyl (C=O) groups excluding carboxylic acids is 1. The Morgan fingerprint density at radius 1 is 1.00 bits per heavy atom. The van der Waals surface area contributed by atoms with Crippen molar-refractivity contribution in [2.45, 2.75) is 29.9 Å². The molecule has 4 rings (SSSR count). The number of amides is 1. The number of nitrogens with one attached hydrogen (secondary N) is 1. The molecule has 10 nitrogen and oxygen atoms in total. The maximum atomic E-state index is 13.8. The van der Waals surface area contributed by atoms with Gasteiger partial charge in [-0.1, -0.05) is 12.1 Å². The van der Waals surface area contributed by atoms with Crippen LogP contribution >= 0.6 is 0 Å². The second kappa shape index (κ2) is 11.6. The van der Waals surface area contributed by atoms with Crippen LogP contribution in [0.25, 0.3) is 11.3 Å². The van der Waals surface area contributed by atoms with Crippen LogP contribution in [-0.2, 0) is 21.2 Å². The van der Waals surface area contributed by atoms with Crippen LogP contribution in [0.4, 0.5) is 14.5 Å². The van der Waals surface area contributed by atoms with E-state index in [2.05, 4.69) is 15.3 Å². The summed E-state index contributed by atoms with van der Waals surface area (Å²) in [5.41, 5.74) is -0.212. The van der Waals surface area contributed by atoms with Crippen molar-refractivity contribution in [3.63, 3.8) is 0 Å². The highest BCUT2D eigenvalue weighted by Crippen LogP contribution is 2.29. The Kier molecular flexibility index (Phi) is 8.24. The van der Waals surface area contributed by atoms with Crippen molar-refractivity contribution in [3.8, 4) is 22.8 Å². The molecule has 40 heavy (non-hydrogen) atoms. The Morgan fingerprint density at radius 3 is 2.42 bits per heavy atom. The first-order valence-corrected chi connectivity index (χ1v) is 13.2. The van der Waals surface area contributed by atoms with Gasteiger partial charge in [0, 0.05) is 30.4 Å². The zero-order valence-electron chi connectivity index (χ0n) is 21.6. The summed E-state index contributed by atoms with van der Waals surface area (Å²) in [5.74, 6) is 0.541. The smallest absolute Gasteiger partial charge is 0.280 e. The largest absolute Gasteiger partial charge is 0.493 e. The molecule has 0 aliphatic rings. The fraction of sp³-hybridized carbons (Fsp3) is 0.185. The minimum absolute atomic E-state index is 0.0981. The Balaban J connectivity index is 1.77. The Hall–Kier alpha value is -4.65. The third-order valence-corrected chi connectivity index (χ3v) is 7.27. The lowest BCUT2D eigenvalue weighted by Crippen LogP contribution is -2.19. The molecule has 0 spiro atoms. The molecule has 0 fully saturated rings. The predicted molar refractivity (Wildman–Crippen MR) is 142 cm³/mol. The Morgan fingerprint density at radius 2 is 1.75 bits per heavy atom. The summed E-state index contributed by atoms with van der Waals surface area (Å²) in [4.78, 5) is 31.4.